The Morgan fingerprint density at radius 2 is 2.25 bits per heavy atom. The fourth-order valence-corrected chi connectivity index (χ4v) is 1.90. The van der Waals surface area contributed by atoms with Crippen LogP contribution in [0.25, 0.3) is 0 Å². The van der Waals surface area contributed by atoms with Crippen molar-refractivity contribution < 1.29 is 19.4 Å². The Labute approximate surface area is 118 Å². The minimum absolute atomic E-state index is 0.366. The first kappa shape index (κ1) is 16.2. The first-order valence-corrected chi connectivity index (χ1v) is 6.77. The molecule has 112 valence electrons. The largest absolute Gasteiger partial charge is 0.480 e. The van der Waals surface area contributed by atoms with Gasteiger partial charge >= 0.3 is 5.97 Å². The highest BCUT2D eigenvalue weighted by atomic mass is 16.5. The lowest BCUT2D eigenvalue weighted by molar-refractivity contribution is -0.139. The summed E-state index contributed by atoms with van der Waals surface area (Å²) in [4.78, 5) is 23.3. The highest BCUT2D eigenvalue weighted by Gasteiger charge is 2.21. The summed E-state index contributed by atoms with van der Waals surface area (Å²) >= 11 is 0. The number of hydrogen-bond donors (Lipinski definition) is 2. The summed E-state index contributed by atoms with van der Waals surface area (Å²) in [7, 11) is 1.59. The molecule has 1 rings (SSSR count). The fraction of sp³-hybridized carbons (Fsp3) is 0.571. The van der Waals surface area contributed by atoms with Crippen molar-refractivity contribution in [3.63, 3.8) is 0 Å². The van der Waals surface area contributed by atoms with Crippen molar-refractivity contribution in [2.45, 2.75) is 38.8 Å². The lowest BCUT2D eigenvalue weighted by Gasteiger charge is -2.15. The maximum absolute atomic E-state index is 12.1. The molecule has 0 radical (unpaired) electrons. The van der Waals surface area contributed by atoms with E-state index in [1.807, 2.05) is 6.92 Å². The van der Waals surface area contributed by atoms with Crippen LogP contribution in [0.15, 0.2) is 18.3 Å². The third-order valence-corrected chi connectivity index (χ3v) is 3.05. The average Bonchev–Trinajstić information content (AvgIpc) is 2.89. The van der Waals surface area contributed by atoms with Gasteiger partial charge in [-0.1, -0.05) is 19.8 Å². The lowest BCUT2D eigenvalue weighted by Crippen LogP contribution is -2.41. The zero-order valence-electron chi connectivity index (χ0n) is 12.0. The Morgan fingerprint density at radius 1 is 1.50 bits per heavy atom. The highest BCUT2D eigenvalue weighted by Crippen LogP contribution is 2.06. The number of amides is 1. The molecule has 6 nitrogen and oxygen atoms in total. The van der Waals surface area contributed by atoms with Crippen LogP contribution in [0.1, 0.15) is 36.7 Å². The summed E-state index contributed by atoms with van der Waals surface area (Å²) in [6.45, 7) is 3.03. The molecule has 1 aromatic rings. The molecular formula is C14H22N2O4. The lowest BCUT2D eigenvalue weighted by atomic mass is 10.1. The second kappa shape index (κ2) is 8.37. The monoisotopic (exact) mass is 282 g/mol. The molecule has 1 heterocycles. The van der Waals surface area contributed by atoms with Crippen LogP contribution in [-0.2, 0) is 16.1 Å². The number of aliphatic carboxylic acids is 1. The second-order valence-corrected chi connectivity index (χ2v) is 4.59. The van der Waals surface area contributed by atoms with Gasteiger partial charge in [-0.05, 0) is 18.6 Å². The summed E-state index contributed by atoms with van der Waals surface area (Å²) in [5.41, 5.74) is 0.449. The maximum Gasteiger partial charge on any atom is 0.326 e. The molecule has 1 unspecified atom stereocenters. The smallest absolute Gasteiger partial charge is 0.326 e. The van der Waals surface area contributed by atoms with Crippen LogP contribution >= 0.6 is 0 Å². The number of methoxy groups -OCH3 is 1. The molecule has 20 heavy (non-hydrogen) atoms. The van der Waals surface area contributed by atoms with E-state index in [0.717, 1.165) is 12.8 Å². The van der Waals surface area contributed by atoms with E-state index in [1.54, 1.807) is 30.0 Å². The molecule has 0 spiro atoms. The number of carbonyl (C=O) groups is 2. The van der Waals surface area contributed by atoms with Crippen molar-refractivity contribution >= 4 is 11.9 Å². The highest BCUT2D eigenvalue weighted by molar-refractivity contribution is 5.95. The molecular weight excluding hydrogens is 260 g/mol. The van der Waals surface area contributed by atoms with Gasteiger partial charge in [0, 0.05) is 19.9 Å². The molecule has 0 saturated carbocycles. The van der Waals surface area contributed by atoms with E-state index in [2.05, 4.69) is 5.32 Å². The zero-order chi connectivity index (χ0) is 15.0. The Hall–Kier alpha value is -1.82. The molecule has 1 amide bonds. The molecule has 1 atom stereocenters. The standard InChI is InChI=1S/C14H22N2O4/c1-3-4-6-11(14(18)19)15-13(17)12-7-5-8-16(12)9-10-20-2/h5,7-8,11H,3-4,6,9-10H2,1-2H3,(H,15,17)(H,18,19). The number of carbonyl (C=O) groups excluding carboxylic acids is 1. The number of rotatable bonds is 9. The molecule has 0 aromatic carbocycles. The summed E-state index contributed by atoms with van der Waals surface area (Å²) in [5, 5.41) is 11.7. The topological polar surface area (TPSA) is 80.6 Å². The predicted octanol–water partition coefficient (Wildman–Crippen LogP) is 1.51. The van der Waals surface area contributed by atoms with E-state index in [4.69, 9.17) is 9.84 Å². The van der Waals surface area contributed by atoms with Crippen LogP contribution in [0.3, 0.4) is 0 Å². The van der Waals surface area contributed by atoms with E-state index in [0.29, 0.717) is 25.3 Å². The van der Waals surface area contributed by atoms with Crippen molar-refractivity contribution in [2.24, 2.45) is 0 Å². The summed E-state index contributed by atoms with van der Waals surface area (Å²) in [6.07, 6.45) is 3.87. The second-order valence-electron chi connectivity index (χ2n) is 4.59. The predicted molar refractivity (Wildman–Crippen MR) is 74.7 cm³/mol. The number of carboxylic acid groups (broad SMARTS) is 1. The van der Waals surface area contributed by atoms with Crippen LogP contribution in [-0.4, -0.2) is 41.3 Å². The van der Waals surface area contributed by atoms with Crippen molar-refractivity contribution in [2.75, 3.05) is 13.7 Å². The van der Waals surface area contributed by atoms with Gasteiger partial charge in [-0.25, -0.2) is 4.79 Å². The molecule has 0 saturated heterocycles. The van der Waals surface area contributed by atoms with Crippen LogP contribution < -0.4 is 5.32 Å². The quantitative estimate of drug-likeness (QED) is 0.719. The molecule has 0 fully saturated rings. The Morgan fingerprint density at radius 3 is 2.85 bits per heavy atom. The number of unbranched alkanes of at least 4 members (excludes halogenated alkanes) is 1. The van der Waals surface area contributed by atoms with Gasteiger partial charge in [-0.3, -0.25) is 4.79 Å². The normalized spacial score (nSPS) is 12.1. The first-order chi connectivity index (χ1) is 9.60. The third kappa shape index (κ3) is 4.70. The van der Waals surface area contributed by atoms with E-state index in [-0.39, 0.29) is 5.91 Å². The van der Waals surface area contributed by atoms with Crippen molar-refractivity contribution in [1.29, 1.82) is 0 Å². The van der Waals surface area contributed by atoms with E-state index < -0.39 is 12.0 Å². The molecule has 0 bridgehead atoms. The van der Waals surface area contributed by atoms with Crippen molar-refractivity contribution in [1.82, 2.24) is 9.88 Å². The molecule has 1 aromatic heterocycles. The number of hydrogen-bond acceptors (Lipinski definition) is 3. The number of aromatic nitrogens is 1. The van der Waals surface area contributed by atoms with Crippen LogP contribution in [0.2, 0.25) is 0 Å². The minimum Gasteiger partial charge on any atom is -0.480 e. The first-order valence-electron chi connectivity index (χ1n) is 6.77. The summed E-state index contributed by atoms with van der Waals surface area (Å²) in [5.74, 6) is -1.36. The third-order valence-electron chi connectivity index (χ3n) is 3.05. The summed E-state index contributed by atoms with van der Waals surface area (Å²) in [6, 6.07) is 2.59. The molecule has 6 heteroatoms. The van der Waals surface area contributed by atoms with E-state index in [1.165, 1.54) is 0 Å². The Kier molecular flexibility index (Phi) is 6.79. The van der Waals surface area contributed by atoms with Crippen molar-refractivity contribution in [3.8, 4) is 0 Å². The van der Waals surface area contributed by atoms with Crippen LogP contribution in [0.4, 0.5) is 0 Å². The van der Waals surface area contributed by atoms with Crippen molar-refractivity contribution in [3.05, 3.63) is 24.0 Å². The van der Waals surface area contributed by atoms with Gasteiger partial charge in [0.1, 0.15) is 11.7 Å². The van der Waals surface area contributed by atoms with Gasteiger partial charge in [0.25, 0.3) is 5.91 Å². The van der Waals surface area contributed by atoms with Gasteiger partial charge in [0.15, 0.2) is 0 Å². The molecule has 2 N–H and O–H groups in total. The SMILES string of the molecule is CCCCC(NC(=O)c1cccn1CCOC)C(=O)O. The van der Waals surface area contributed by atoms with Gasteiger partial charge in [-0.15, -0.1) is 0 Å². The number of carboxylic acids is 1. The number of nitrogens with zero attached hydrogens (tertiary/aromatic N) is 1. The summed E-state index contributed by atoms with van der Waals surface area (Å²) < 4.78 is 6.72. The van der Waals surface area contributed by atoms with E-state index >= 15 is 0 Å². The average molecular weight is 282 g/mol. The van der Waals surface area contributed by atoms with Gasteiger partial charge in [0.2, 0.25) is 0 Å². The maximum atomic E-state index is 12.1. The molecule has 0 aliphatic carbocycles. The van der Waals surface area contributed by atoms with Crippen LogP contribution in [0, 0.1) is 0 Å². The Bertz CT molecular complexity index is 442. The van der Waals surface area contributed by atoms with E-state index in [9.17, 15) is 9.59 Å². The fourth-order valence-electron chi connectivity index (χ4n) is 1.90. The molecule has 0 aliphatic heterocycles. The number of ether oxygens (including phenoxy) is 1. The Balaban J connectivity index is 2.68. The van der Waals surface area contributed by atoms with Crippen LogP contribution in [0.5, 0.6) is 0 Å². The molecule has 0 aliphatic rings. The van der Waals surface area contributed by atoms with Gasteiger partial charge in [0.05, 0.1) is 6.61 Å². The van der Waals surface area contributed by atoms with Gasteiger partial charge < -0.3 is 19.7 Å². The zero-order valence-corrected chi connectivity index (χ0v) is 12.0. The minimum atomic E-state index is -0.998. The number of nitrogens with one attached hydrogen (secondary N) is 1. The van der Waals surface area contributed by atoms with Gasteiger partial charge in [-0.2, -0.15) is 0 Å².